The Balaban J connectivity index is 0.872. The average molecular weight is 947 g/mol. The van der Waals surface area contributed by atoms with Crippen molar-refractivity contribution in [3.05, 3.63) is 229 Å². The number of hydrogen-bond acceptors (Lipinski definition) is 4. The van der Waals surface area contributed by atoms with E-state index in [4.69, 9.17) is 18.8 Å². The lowest BCUT2D eigenvalue weighted by molar-refractivity contribution is 0.660. The molecule has 2 aliphatic rings. The van der Waals surface area contributed by atoms with Gasteiger partial charge in [0.05, 0.1) is 28.3 Å². The zero-order valence-corrected chi connectivity index (χ0v) is 41.3. The van der Waals surface area contributed by atoms with Gasteiger partial charge in [0.25, 0.3) is 0 Å². The van der Waals surface area contributed by atoms with Crippen molar-refractivity contribution in [2.45, 2.75) is 38.5 Å². The van der Waals surface area contributed by atoms with Crippen molar-refractivity contribution in [3.8, 4) is 66.9 Å². The molecule has 0 N–H and O–H groups in total. The maximum atomic E-state index is 6.91. The number of nitrogens with zero attached hydrogens (tertiary/aromatic N) is 2. The third kappa shape index (κ3) is 5.68. The summed E-state index contributed by atoms with van der Waals surface area (Å²) in [5.74, 6) is 0. The number of hydrogen-bond donors (Lipinski definition) is 0. The number of benzene rings is 11. The van der Waals surface area contributed by atoms with Crippen molar-refractivity contribution in [1.82, 2.24) is 9.97 Å². The van der Waals surface area contributed by atoms with Crippen LogP contribution in [0.25, 0.3) is 143 Å². The van der Waals surface area contributed by atoms with Crippen LogP contribution in [0.2, 0.25) is 0 Å². The van der Waals surface area contributed by atoms with Crippen molar-refractivity contribution in [2.24, 2.45) is 0 Å². The maximum Gasteiger partial charge on any atom is 0.147 e. The summed E-state index contributed by atoms with van der Waals surface area (Å²) < 4.78 is 13.2. The molecule has 0 atom stereocenters. The molecular weight excluding hydrogens is 901 g/mol. The van der Waals surface area contributed by atoms with Crippen LogP contribution < -0.4 is 0 Å². The molecule has 0 saturated carbocycles. The first-order valence-electron chi connectivity index (χ1n) is 25.7. The van der Waals surface area contributed by atoms with Crippen molar-refractivity contribution < 1.29 is 8.83 Å². The van der Waals surface area contributed by atoms with E-state index in [1.165, 1.54) is 55.6 Å². The second kappa shape index (κ2) is 14.7. The van der Waals surface area contributed by atoms with Crippen molar-refractivity contribution >= 4 is 76.5 Å². The van der Waals surface area contributed by atoms with Gasteiger partial charge >= 0.3 is 0 Å². The van der Waals surface area contributed by atoms with Crippen molar-refractivity contribution in [3.63, 3.8) is 0 Å². The van der Waals surface area contributed by atoms with Crippen LogP contribution in [0.15, 0.2) is 215 Å². The van der Waals surface area contributed by atoms with E-state index in [0.29, 0.717) is 0 Å². The fourth-order valence-corrected chi connectivity index (χ4v) is 13.1. The Bertz CT molecular complexity index is 4790. The lowest BCUT2D eigenvalue weighted by atomic mass is 9.81. The predicted molar refractivity (Wildman–Crippen MR) is 306 cm³/mol. The summed E-state index contributed by atoms with van der Waals surface area (Å²) in [7, 11) is 0. The molecule has 0 radical (unpaired) electrons. The number of para-hydroxylation sites is 2. The van der Waals surface area contributed by atoms with Crippen molar-refractivity contribution in [1.29, 1.82) is 0 Å². The average Bonchev–Trinajstić information content (AvgIpc) is 4.19. The molecule has 14 aromatic rings. The molecule has 0 aliphatic heterocycles. The van der Waals surface area contributed by atoms with Crippen LogP contribution in [0.3, 0.4) is 0 Å². The highest BCUT2D eigenvalue weighted by atomic mass is 16.3. The van der Waals surface area contributed by atoms with Gasteiger partial charge in [-0.05, 0) is 132 Å². The van der Waals surface area contributed by atoms with Crippen LogP contribution in [0.4, 0.5) is 0 Å². The van der Waals surface area contributed by atoms with Crippen LogP contribution in [0, 0.1) is 0 Å². The van der Waals surface area contributed by atoms with Gasteiger partial charge in [0.1, 0.15) is 22.3 Å². The Morgan fingerprint density at radius 2 is 0.851 bits per heavy atom. The third-order valence-electron chi connectivity index (χ3n) is 16.9. The molecule has 4 heteroatoms. The molecule has 0 unspecified atom stereocenters. The van der Waals surface area contributed by atoms with E-state index in [1.54, 1.807) is 0 Å². The number of aromatic nitrogens is 2. The Morgan fingerprint density at radius 1 is 0.324 bits per heavy atom. The fourth-order valence-electron chi connectivity index (χ4n) is 13.1. The first-order valence-corrected chi connectivity index (χ1v) is 25.7. The van der Waals surface area contributed by atoms with Gasteiger partial charge < -0.3 is 8.83 Å². The van der Waals surface area contributed by atoms with Gasteiger partial charge in [-0.1, -0.05) is 179 Å². The van der Waals surface area contributed by atoms with Gasteiger partial charge in [0, 0.05) is 48.9 Å². The molecule has 4 nitrogen and oxygen atoms in total. The number of furan rings is 2. The monoisotopic (exact) mass is 946 g/mol. The van der Waals surface area contributed by atoms with Gasteiger partial charge in [0.2, 0.25) is 0 Å². The van der Waals surface area contributed by atoms with Gasteiger partial charge in [-0.25, -0.2) is 4.98 Å². The molecule has 0 saturated heterocycles. The molecule has 0 fully saturated rings. The smallest absolute Gasteiger partial charge is 0.147 e. The van der Waals surface area contributed by atoms with E-state index >= 15 is 0 Å². The summed E-state index contributed by atoms with van der Waals surface area (Å²) in [6, 6.07) is 73.0. The first kappa shape index (κ1) is 41.5. The molecule has 0 spiro atoms. The Morgan fingerprint density at radius 3 is 1.55 bits per heavy atom. The highest BCUT2D eigenvalue weighted by Gasteiger charge is 2.36. The molecule has 3 aromatic heterocycles. The van der Waals surface area contributed by atoms with Crippen LogP contribution in [-0.2, 0) is 10.8 Å². The topological polar surface area (TPSA) is 52.1 Å². The fraction of sp³-hybridized carbons (Fsp3) is 0.0857. The van der Waals surface area contributed by atoms with Gasteiger partial charge in [0.15, 0.2) is 0 Å². The largest absolute Gasteiger partial charge is 0.456 e. The van der Waals surface area contributed by atoms with E-state index in [1.807, 2.05) is 18.3 Å². The highest BCUT2D eigenvalue weighted by Crippen LogP contribution is 2.52. The Hall–Kier alpha value is -9.12. The van der Waals surface area contributed by atoms with Gasteiger partial charge in [-0.15, -0.1) is 0 Å². The highest BCUT2D eigenvalue weighted by molar-refractivity contribution is 6.25. The summed E-state index contributed by atoms with van der Waals surface area (Å²) in [6.45, 7) is 9.39. The molecule has 11 aromatic carbocycles. The minimum Gasteiger partial charge on any atom is -0.456 e. The van der Waals surface area contributed by atoms with Gasteiger partial charge in [-0.2, -0.15) is 0 Å². The van der Waals surface area contributed by atoms with Crippen LogP contribution in [0.5, 0.6) is 0 Å². The lowest BCUT2D eigenvalue weighted by Crippen LogP contribution is -2.14. The maximum absolute atomic E-state index is 6.91. The molecule has 2 aliphatic carbocycles. The standard InChI is InChI=1S/C70H46N2O2/c1-69(2)57-20-8-5-15-48(57)50-29-25-41(36-59(50)69)39-23-27-46-47-28-24-40(42-26-30-51-49-16-6-9-21-58(49)70(3,4)60(51)37-42)35-56(47)66-65(55(46)34-39)71-38-61(72-66)44-14-11-13-43(33-44)45-18-12-19-52-53-31-32-63-64(68(53)74-67(45)52)54-17-7-10-22-62(54)73-63/h5-38H,1-4H3. The minimum atomic E-state index is -0.107. The SMILES string of the molecule is CC1(C)c2ccccc2-c2ccc(-c3ccc4c5ccc(-c6ccc7c(c6)C(C)(C)c6ccccc6-7)cc5c5nc(-c6cccc(-c7cccc8c7oc7c8ccc8oc9ccccc9c87)c6)cnc5c4c3)cc21. The summed E-state index contributed by atoms with van der Waals surface area (Å²) >= 11 is 0. The van der Waals surface area contributed by atoms with E-state index < -0.39 is 0 Å². The van der Waals surface area contributed by atoms with Gasteiger partial charge in [-0.3, -0.25) is 4.98 Å². The van der Waals surface area contributed by atoms with E-state index in [-0.39, 0.29) is 10.8 Å². The molecule has 16 rings (SSSR count). The lowest BCUT2D eigenvalue weighted by Gasteiger charge is -2.22. The predicted octanol–water partition coefficient (Wildman–Crippen LogP) is 19.0. The molecule has 3 heterocycles. The molecular formula is C70H46N2O2. The second-order valence-electron chi connectivity index (χ2n) is 21.6. The van der Waals surface area contributed by atoms with E-state index in [9.17, 15) is 0 Å². The van der Waals surface area contributed by atoms with Crippen LogP contribution >= 0.6 is 0 Å². The summed E-state index contributed by atoms with van der Waals surface area (Å²) in [5.41, 5.74) is 24.2. The summed E-state index contributed by atoms with van der Waals surface area (Å²) in [5, 5.41) is 8.66. The zero-order valence-electron chi connectivity index (χ0n) is 41.3. The Kier molecular flexibility index (Phi) is 8.27. The van der Waals surface area contributed by atoms with Crippen molar-refractivity contribution in [2.75, 3.05) is 0 Å². The Labute approximate surface area is 427 Å². The molecule has 348 valence electrons. The second-order valence-corrected chi connectivity index (χ2v) is 21.6. The van der Waals surface area contributed by atoms with E-state index in [0.717, 1.165) is 110 Å². The van der Waals surface area contributed by atoms with Crippen LogP contribution in [0.1, 0.15) is 49.9 Å². The minimum absolute atomic E-state index is 0.0991. The van der Waals surface area contributed by atoms with Crippen LogP contribution in [-0.4, -0.2) is 9.97 Å². The molecule has 74 heavy (non-hydrogen) atoms. The quantitative estimate of drug-likeness (QED) is 0.165. The number of fused-ring (bicyclic) bond motifs is 19. The zero-order chi connectivity index (χ0) is 49.2. The third-order valence-corrected chi connectivity index (χ3v) is 16.9. The molecule has 0 amide bonds. The summed E-state index contributed by atoms with van der Waals surface area (Å²) in [6.07, 6.45) is 1.96. The molecule has 0 bridgehead atoms. The van der Waals surface area contributed by atoms with E-state index in [2.05, 4.69) is 216 Å². The first-order chi connectivity index (χ1) is 36.2. The number of rotatable bonds is 4. The normalized spacial score (nSPS) is 14.2. The summed E-state index contributed by atoms with van der Waals surface area (Å²) in [4.78, 5) is 11.1.